The first-order chi connectivity index (χ1) is 6.36. The van der Waals surface area contributed by atoms with Gasteiger partial charge in [0, 0.05) is 0 Å². The fourth-order valence-electron chi connectivity index (χ4n) is 2.42. The average Bonchev–Trinajstić information content (AvgIpc) is 2.20. The van der Waals surface area contributed by atoms with Gasteiger partial charge in [0.15, 0.2) is 0 Å². The second-order valence-electron chi connectivity index (χ2n) is 4.31. The molecule has 0 spiro atoms. The van der Waals surface area contributed by atoms with E-state index in [0.717, 1.165) is 11.8 Å². The summed E-state index contributed by atoms with van der Waals surface area (Å²) in [6.07, 6.45) is 15.8. The van der Waals surface area contributed by atoms with E-state index in [2.05, 4.69) is 24.3 Å². The van der Waals surface area contributed by atoms with Gasteiger partial charge < -0.3 is 0 Å². The Morgan fingerprint density at radius 3 is 2.38 bits per heavy atom. The fourth-order valence-corrected chi connectivity index (χ4v) is 2.42. The van der Waals surface area contributed by atoms with E-state index in [0.29, 0.717) is 5.82 Å². The smallest absolute Gasteiger partial charge is 0.0755 e. The molecule has 2 aliphatic carbocycles. The molecule has 0 saturated heterocycles. The van der Waals surface area contributed by atoms with E-state index in [9.17, 15) is 0 Å². The van der Waals surface area contributed by atoms with Crippen LogP contribution in [0.25, 0.3) is 0 Å². The Hall–Kier alpha value is -0.455. The van der Waals surface area contributed by atoms with Crippen LogP contribution in [0.3, 0.4) is 0 Å². The van der Waals surface area contributed by atoms with Gasteiger partial charge in [-0.15, -0.1) is 0 Å². The highest BCUT2D eigenvalue weighted by atomic mass is 14.2. The van der Waals surface area contributed by atoms with Crippen molar-refractivity contribution in [3.8, 4) is 0 Å². The minimum absolute atomic E-state index is 0.323. The Kier molecular flexibility index (Phi) is 2.92. The molecule has 0 bridgehead atoms. The molecule has 0 aliphatic heterocycles. The van der Waals surface area contributed by atoms with Gasteiger partial charge in [0.2, 0.25) is 0 Å². The zero-order valence-electron chi connectivity index (χ0n) is 8.15. The van der Waals surface area contributed by atoms with Crippen LogP contribution in [0.5, 0.6) is 0 Å². The van der Waals surface area contributed by atoms with Crippen LogP contribution in [0, 0.1) is 11.8 Å². The third-order valence-corrected chi connectivity index (χ3v) is 3.28. The van der Waals surface area contributed by atoms with E-state index in [1.54, 1.807) is 0 Å². The molecule has 3 atom stereocenters. The van der Waals surface area contributed by atoms with Crippen LogP contribution in [0.2, 0.25) is 5.82 Å². The average molecular weight is 172 g/mol. The van der Waals surface area contributed by atoms with Gasteiger partial charge in [0.1, 0.15) is 0 Å². The quantitative estimate of drug-likeness (QED) is 0.420. The topological polar surface area (TPSA) is 0 Å². The van der Waals surface area contributed by atoms with Crippen LogP contribution >= 0.6 is 0 Å². The summed E-state index contributed by atoms with van der Waals surface area (Å²) in [6.45, 7) is 0. The molecule has 0 fully saturated rings. The highest BCUT2D eigenvalue weighted by Crippen LogP contribution is 2.34. The van der Waals surface area contributed by atoms with Crippen LogP contribution < -0.4 is 0 Å². The van der Waals surface area contributed by atoms with Crippen molar-refractivity contribution in [1.29, 1.82) is 0 Å². The van der Waals surface area contributed by atoms with E-state index in [1.807, 2.05) is 0 Å². The third kappa shape index (κ3) is 2.27. The van der Waals surface area contributed by atoms with Crippen LogP contribution in [-0.2, 0) is 0 Å². The van der Waals surface area contributed by atoms with Crippen molar-refractivity contribution in [2.45, 2.75) is 37.9 Å². The summed E-state index contributed by atoms with van der Waals surface area (Å²) in [5.41, 5.74) is 0. The maximum Gasteiger partial charge on any atom is 0.0755 e. The summed E-state index contributed by atoms with van der Waals surface area (Å²) in [5, 5.41) is 0. The second kappa shape index (κ2) is 4.17. The predicted molar refractivity (Wildman–Crippen MR) is 57.8 cm³/mol. The Labute approximate surface area is 82.5 Å². The van der Waals surface area contributed by atoms with Gasteiger partial charge in [-0.3, -0.25) is 0 Å². The molecule has 0 amide bonds. The highest BCUT2D eigenvalue weighted by molar-refractivity contribution is 6.12. The summed E-state index contributed by atoms with van der Waals surface area (Å²) < 4.78 is 0. The molecule has 2 aliphatic rings. The zero-order valence-corrected chi connectivity index (χ0v) is 8.15. The Morgan fingerprint density at radius 1 is 0.923 bits per heavy atom. The van der Waals surface area contributed by atoms with Gasteiger partial charge in [-0.25, -0.2) is 0 Å². The normalized spacial score (nSPS) is 39.2. The lowest BCUT2D eigenvalue weighted by Crippen LogP contribution is -2.16. The van der Waals surface area contributed by atoms with E-state index in [-0.39, 0.29) is 0 Å². The molecular weight excluding hydrogens is 155 g/mol. The van der Waals surface area contributed by atoms with Gasteiger partial charge in [0.25, 0.3) is 0 Å². The lowest BCUT2D eigenvalue weighted by atomic mass is 9.72. The van der Waals surface area contributed by atoms with Gasteiger partial charge in [0.05, 0.1) is 7.85 Å². The summed E-state index contributed by atoms with van der Waals surface area (Å²) >= 11 is 0. The zero-order chi connectivity index (χ0) is 9.10. The van der Waals surface area contributed by atoms with Crippen molar-refractivity contribution >= 4 is 7.85 Å². The minimum atomic E-state index is 0.323. The van der Waals surface area contributed by atoms with Crippen molar-refractivity contribution in [1.82, 2.24) is 0 Å². The lowest BCUT2D eigenvalue weighted by Gasteiger charge is -2.28. The molecular formula is C12H17B. The number of hydrogen-bond acceptors (Lipinski definition) is 0. The van der Waals surface area contributed by atoms with Crippen molar-refractivity contribution < 1.29 is 0 Å². The number of hydrogen-bond donors (Lipinski definition) is 0. The van der Waals surface area contributed by atoms with Crippen molar-refractivity contribution in [2.75, 3.05) is 0 Å². The highest BCUT2D eigenvalue weighted by Gasteiger charge is 2.20. The minimum Gasteiger partial charge on any atom is -0.0938 e. The first-order valence-electron chi connectivity index (χ1n) is 5.47. The van der Waals surface area contributed by atoms with Gasteiger partial charge >= 0.3 is 0 Å². The molecule has 0 aromatic heterocycles. The van der Waals surface area contributed by atoms with Crippen molar-refractivity contribution in [3.63, 3.8) is 0 Å². The number of allylic oxidation sites excluding steroid dienone is 4. The van der Waals surface area contributed by atoms with Crippen LogP contribution in [0.4, 0.5) is 0 Å². The summed E-state index contributed by atoms with van der Waals surface area (Å²) in [6, 6.07) is 0. The Bertz CT molecular complexity index is 217. The second-order valence-corrected chi connectivity index (χ2v) is 4.31. The van der Waals surface area contributed by atoms with Gasteiger partial charge in [-0.05, 0) is 37.5 Å². The summed E-state index contributed by atoms with van der Waals surface area (Å²) in [4.78, 5) is 0. The van der Waals surface area contributed by atoms with E-state index in [1.165, 1.54) is 32.1 Å². The lowest BCUT2D eigenvalue weighted by molar-refractivity contribution is 0.382. The van der Waals surface area contributed by atoms with E-state index >= 15 is 0 Å². The SMILES string of the molecule is [B]C1C=CC(C2C=CCCC2)CC1. The largest absolute Gasteiger partial charge is 0.0938 e. The van der Waals surface area contributed by atoms with Crippen molar-refractivity contribution in [2.24, 2.45) is 11.8 Å². The molecule has 3 unspecified atom stereocenters. The molecule has 68 valence electrons. The fraction of sp³-hybridized carbons (Fsp3) is 0.667. The number of rotatable bonds is 1. The molecule has 13 heavy (non-hydrogen) atoms. The van der Waals surface area contributed by atoms with E-state index in [4.69, 9.17) is 7.85 Å². The molecule has 2 radical (unpaired) electrons. The first-order valence-corrected chi connectivity index (χ1v) is 5.47. The molecule has 1 heteroatoms. The molecule has 0 aromatic carbocycles. The maximum atomic E-state index is 5.82. The van der Waals surface area contributed by atoms with Gasteiger partial charge in [-0.1, -0.05) is 36.5 Å². The van der Waals surface area contributed by atoms with E-state index < -0.39 is 0 Å². The molecule has 0 heterocycles. The predicted octanol–water partition coefficient (Wildman–Crippen LogP) is 3.27. The van der Waals surface area contributed by atoms with Gasteiger partial charge in [-0.2, -0.15) is 0 Å². The Balaban J connectivity index is 1.97. The van der Waals surface area contributed by atoms with Crippen LogP contribution in [0.15, 0.2) is 24.3 Å². The first kappa shape index (κ1) is 9.11. The summed E-state index contributed by atoms with van der Waals surface area (Å²) in [7, 11) is 5.82. The Morgan fingerprint density at radius 2 is 1.77 bits per heavy atom. The molecule has 2 rings (SSSR count). The molecule has 0 saturated carbocycles. The summed E-state index contributed by atoms with van der Waals surface area (Å²) in [5.74, 6) is 1.90. The maximum absolute atomic E-state index is 5.82. The van der Waals surface area contributed by atoms with Crippen LogP contribution in [0.1, 0.15) is 32.1 Å². The monoisotopic (exact) mass is 172 g/mol. The standard InChI is InChI=1S/C12H17B/c13-12-8-6-11(7-9-12)10-4-2-1-3-5-10/h2,4,6,8,10-12H,1,3,5,7,9H2. The third-order valence-electron chi connectivity index (χ3n) is 3.28. The van der Waals surface area contributed by atoms with Crippen LogP contribution in [-0.4, -0.2) is 7.85 Å². The molecule has 0 nitrogen and oxygen atoms in total. The van der Waals surface area contributed by atoms with Crippen molar-refractivity contribution in [3.05, 3.63) is 24.3 Å². The molecule has 0 N–H and O–H groups in total. The molecule has 0 aromatic rings.